The zero-order valence-electron chi connectivity index (χ0n) is 13.4. The van der Waals surface area contributed by atoms with Crippen LogP contribution in [-0.2, 0) is 6.54 Å². The molecule has 8 nitrogen and oxygen atoms in total. The number of hydrogen-bond donors (Lipinski definition) is 1. The van der Waals surface area contributed by atoms with Gasteiger partial charge in [0.1, 0.15) is 0 Å². The lowest BCUT2D eigenvalue weighted by Gasteiger charge is -2.06. The lowest BCUT2D eigenvalue weighted by atomic mass is 10.3. The minimum Gasteiger partial charge on any atom is -0.354 e. The normalized spacial score (nSPS) is 11.0. The summed E-state index contributed by atoms with van der Waals surface area (Å²) in [7, 11) is 3.86. The largest absolute Gasteiger partial charge is 0.354 e. The first-order valence-corrected chi connectivity index (χ1v) is 7.93. The predicted octanol–water partition coefficient (Wildman–Crippen LogP) is 1.19. The third kappa shape index (κ3) is 3.00. The molecule has 0 fully saturated rings. The number of carbonyl (C=O) groups is 1. The van der Waals surface area contributed by atoms with Crippen molar-refractivity contribution in [2.24, 2.45) is 0 Å². The molecule has 1 amide bonds. The van der Waals surface area contributed by atoms with Gasteiger partial charge in [-0.3, -0.25) is 9.20 Å². The summed E-state index contributed by atoms with van der Waals surface area (Å²) in [6, 6.07) is 1.89. The van der Waals surface area contributed by atoms with Gasteiger partial charge in [-0.2, -0.15) is 0 Å². The van der Waals surface area contributed by atoms with Gasteiger partial charge >= 0.3 is 0 Å². The molecule has 3 rings (SSSR count). The summed E-state index contributed by atoms with van der Waals surface area (Å²) in [5.74, 6) is 0.356. The highest BCUT2D eigenvalue weighted by molar-refractivity contribution is 7.13. The molecular formula is C14H17N7OS. The van der Waals surface area contributed by atoms with Crippen LogP contribution in [0.1, 0.15) is 27.7 Å². The zero-order chi connectivity index (χ0) is 16.6. The third-order valence-electron chi connectivity index (χ3n) is 3.25. The van der Waals surface area contributed by atoms with Gasteiger partial charge in [0.2, 0.25) is 5.82 Å². The van der Waals surface area contributed by atoms with Crippen molar-refractivity contribution in [1.82, 2.24) is 29.9 Å². The molecule has 0 bridgehead atoms. The van der Waals surface area contributed by atoms with Gasteiger partial charge in [0.25, 0.3) is 11.7 Å². The van der Waals surface area contributed by atoms with Gasteiger partial charge in [-0.15, -0.1) is 21.5 Å². The number of rotatable bonds is 4. The van der Waals surface area contributed by atoms with E-state index in [1.54, 1.807) is 4.40 Å². The maximum absolute atomic E-state index is 12.4. The number of anilines is 1. The molecule has 0 saturated carbocycles. The van der Waals surface area contributed by atoms with E-state index < -0.39 is 0 Å². The van der Waals surface area contributed by atoms with Crippen LogP contribution >= 0.6 is 11.3 Å². The minimum atomic E-state index is -0.300. The Morgan fingerprint density at radius 3 is 2.78 bits per heavy atom. The Morgan fingerprint density at radius 2 is 2.09 bits per heavy atom. The molecule has 3 heterocycles. The Balaban J connectivity index is 1.78. The number of aryl methyl sites for hydroxylation is 2. The second-order valence-corrected chi connectivity index (χ2v) is 6.23. The van der Waals surface area contributed by atoms with E-state index in [1.165, 1.54) is 11.3 Å². The van der Waals surface area contributed by atoms with Crippen LogP contribution in [0, 0.1) is 13.8 Å². The van der Waals surface area contributed by atoms with E-state index in [0.717, 1.165) is 22.2 Å². The molecule has 0 unspecified atom stereocenters. The van der Waals surface area contributed by atoms with Crippen LogP contribution < -0.4 is 10.2 Å². The molecule has 0 saturated heterocycles. The molecule has 0 radical (unpaired) electrons. The molecular weight excluding hydrogens is 314 g/mol. The Hall–Kier alpha value is -2.55. The molecule has 23 heavy (non-hydrogen) atoms. The van der Waals surface area contributed by atoms with E-state index in [9.17, 15) is 4.79 Å². The first kappa shape index (κ1) is 15.3. The Kier molecular flexibility index (Phi) is 3.95. The second-order valence-electron chi connectivity index (χ2n) is 5.40. The predicted molar refractivity (Wildman–Crippen MR) is 87.9 cm³/mol. The van der Waals surface area contributed by atoms with Crippen molar-refractivity contribution in [2.75, 3.05) is 19.0 Å². The highest BCUT2D eigenvalue weighted by atomic mass is 32.1. The van der Waals surface area contributed by atoms with Crippen molar-refractivity contribution in [3.05, 3.63) is 34.4 Å². The number of hydrogen-bond acceptors (Lipinski definition) is 7. The number of nitrogens with one attached hydrogen (secondary N) is 1. The Labute approximate surface area is 137 Å². The van der Waals surface area contributed by atoms with Crippen molar-refractivity contribution >= 4 is 28.2 Å². The summed E-state index contributed by atoms with van der Waals surface area (Å²) in [6.45, 7) is 4.12. The second kappa shape index (κ2) is 5.92. The number of carbonyl (C=O) groups excluding carboxylic acids is 1. The first-order chi connectivity index (χ1) is 11.0. The van der Waals surface area contributed by atoms with E-state index in [4.69, 9.17) is 0 Å². The lowest BCUT2D eigenvalue weighted by molar-refractivity contribution is 0.0938. The van der Waals surface area contributed by atoms with E-state index >= 15 is 0 Å². The zero-order valence-corrected chi connectivity index (χ0v) is 14.2. The van der Waals surface area contributed by atoms with E-state index in [2.05, 4.69) is 25.5 Å². The van der Waals surface area contributed by atoms with Gasteiger partial charge in [0.05, 0.1) is 12.2 Å². The monoisotopic (exact) mass is 331 g/mol. The molecule has 1 N–H and O–H groups in total. The lowest BCUT2D eigenvalue weighted by Crippen LogP contribution is -2.25. The summed E-state index contributed by atoms with van der Waals surface area (Å²) in [6.07, 6.45) is 0. The Morgan fingerprint density at radius 1 is 1.30 bits per heavy atom. The average Bonchev–Trinajstić information content (AvgIpc) is 3.11. The summed E-state index contributed by atoms with van der Waals surface area (Å²) in [4.78, 5) is 23.0. The number of amides is 1. The maximum atomic E-state index is 12.4. The number of nitrogens with zero attached hydrogens (tertiary/aromatic N) is 6. The van der Waals surface area contributed by atoms with Crippen LogP contribution in [0.25, 0.3) is 5.78 Å². The summed E-state index contributed by atoms with van der Waals surface area (Å²) in [5, 5.41) is 13.6. The smallest absolute Gasteiger partial charge is 0.289 e. The molecule has 3 aromatic heterocycles. The van der Waals surface area contributed by atoms with Crippen molar-refractivity contribution < 1.29 is 4.79 Å². The third-order valence-corrected chi connectivity index (χ3v) is 4.31. The van der Waals surface area contributed by atoms with Crippen LogP contribution in [0.15, 0.2) is 11.4 Å². The van der Waals surface area contributed by atoms with Crippen LogP contribution in [0.5, 0.6) is 0 Å². The number of fused-ring (bicyclic) bond motifs is 1. The van der Waals surface area contributed by atoms with Crippen molar-refractivity contribution in [3.63, 3.8) is 0 Å². The van der Waals surface area contributed by atoms with Gasteiger partial charge in [-0.1, -0.05) is 0 Å². The van der Waals surface area contributed by atoms with Crippen molar-refractivity contribution in [3.8, 4) is 0 Å². The Bertz CT molecular complexity index is 867. The SMILES string of the molecule is Cc1cc(C)n2c(C(=O)NCc3csc(N(C)C)n3)nnc2n1. The van der Waals surface area contributed by atoms with E-state index in [0.29, 0.717) is 12.3 Å². The van der Waals surface area contributed by atoms with Crippen molar-refractivity contribution in [2.45, 2.75) is 20.4 Å². The molecule has 9 heteroatoms. The fourth-order valence-electron chi connectivity index (χ4n) is 2.21. The fourth-order valence-corrected chi connectivity index (χ4v) is 2.97. The standard InChI is InChI=1S/C14H17N7OS/c1-8-5-9(2)21-11(18-19-13(21)16-8)12(22)15-6-10-7-23-14(17-10)20(3)4/h5,7H,6H2,1-4H3,(H,15,22). The number of thiazole rings is 1. The molecule has 0 aliphatic rings. The van der Waals surface area contributed by atoms with E-state index in [-0.39, 0.29) is 11.7 Å². The quantitative estimate of drug-likeness (QED) is 0.773. The summed E-state index contributed by atoms with van der Waals surface area (Å²) < 4.78 is 1.65. The highest BCUT2D eigenvalue weighted by Gasteiger charge is 2.17. The topological polar surface area (TPSA) is 88.3 Å². The van der Waals surface area contributed by atoms with Crippen LogP contribution in [0.4, 0.5) is 5.13 Å². The number of aromatic nitrogens is 5. The first-order valence-electron chi connectivity index (χ1n) is 7.05. The van der Waals surface area contributed by atoms with Gasteiger partial charge in [0, 0.05) is 30.9 Å². The highest BCUT2D eigenvalue weighted by Crippen LogP contribution is 2.17. The molecule has 0 aliphatic carbocycles. The molecule has 0 atom stereocenters. The average molecular weight is 331 g/mol. The van der Waals surface area contributed by atoms with Gasteiger partial charge < -0.3 is 10.2 Å². The van der Waals surface area contributed by atoms with Gasteiger partial charge in [-0.05, 0) is 19.9 Å². The van der Waals surface area contributed by atoms with E-state index in [1.807, 2.05) is 44.3 Å². The fraction of sp³-hybridized carbons (Fsp3) is 0.357. The molecule has 0 spiro atoms. The minimum absolute atomic E-state index is 0.230. The van der Waals surface area contributed by atoms with Crippen LogP contribution in [0.3, 0.4) is 0 Å². The summed E-state index contributed by atoms with van der Waals surface area (Å²) >= 11 is 1.53. The molecule has 120 valence electrons. The van der Waals surface area contributed by atoms with Crippen LogP contribution in [-0.4, -0.2) is 44.6 Å². The maximum Gasteiger partial charge on any atom is 0.289 e. The molecule has 0 aliphatic heterocycles. The molecule has 3 aromatic rings. The van der Waals surface area contributed by atoms with Gasteiger partial charge in [-0.25, -0.2) is 9.97 Å². The van der Waals surface area contributed by atoms with Crippen LogP contribution in [0.2, 0.25) is 0 Å². The van der Waals surface area contributed by atoms with Crippen molar-refractivity contribution in [1.29, 1.82) is 0 Å². The molecule has 0 aromatic carbocycles. The van der Waals surface area contributed by atoms with Gasteiger partial charge in [0.15, 0.2) is 5.13 Å². The summed E-state index contributed by atoms with van der Waals surface area (Å²) in [5.41, 5.74) is 2.52.